The van der Waals surface area contributed by atoms with Gasteiger partial charge in [0.15, 0.2) is 0 Å². The molecule has 5 nitrogen and oxygen atoms in total. The predicted molar refractivity (Wildman–Crippen MR) is 72.5 cm³/mol. The van der Waals surface area contributed by atoms with E-state index in [0.29, 0.717) is 11.4 Å². The monoisotopic (exact) mass is 291 g/mol. The van der Waals surface area contributed by atoms with Gasteiger partial charge in [-0.1, -0.05) is 11.6 Å². The van der Waals surface area contributed by atoms with Crippen LogP contribution in [0.25, 0.3) is 0 Å². The number of nitro benzene ring substituents is 1. The summed E-state index contributed by atoms with van der Waals surface area (Å²) in [5.41, 5.74) is 0.553. The van der Waals surface area contributed by atoms with Gasteiger partial charge >= 0.3 is 0 Å². The van der Waals surface area contributed by atoms with Crippen LogP contribution in [0.15, 0.2) is 36.4 Å². The van der Waals surface area contributed by atoms with Crippen LogP contribution in [0, 0.1) is 27.3 Å². The number of nitrogens with one attached hydrogen (secondary N) is 1. The molecule has 0 saturated heterocycles. The van der Waals surface area contributed by atoms with Crippen LogP contribution in [0.3, 0.4) is 0 Å². The number of hydrogen-bond donors (Lipinski definition) is 1. The highest BCUT2D eigenvalue weighted by Gasteiger charge is 2.14. The molecule has 0 unspecified atom stereocenters. The molecule has 0 fully saturated rings. The summed E-state index contributed by atoms with van der Waals surface area (Å²) in [5, 5.41) is 22.4. The summed E-state index contributed by atoms with van der Waals surface area (Å²) in [6.07, 6.45) is 0. The molecular weight excluding hydrogens is 285 g/mol. The minimum atomic E-state index is -0.638. The van der Waals surface area contributed by atoms with E-state index < -0.39 is 10.7 Å². The number of halogens is 2. The van der Waals surface area contributed by atoms with Crippen molar-refractivity contribution in [2.45, 2.75) is 0 Å². The zero-order valence-electron chi connectivity index (χ0n) is 9.93. The van der Waals surface area contributed by atoms with Gasteiger partial charge in [-0.15, -0.1) is 0 Å². The van der Waals surface area contributed by atoms with Gasteiger partial charge in [0.05, 0.1) is 9.95 Å². The quantitative estimate of drug-likeness (QED) is 0.684. The SMILES string of the molecule is N#Cc1ccc(Nc2ccc(F)c(Cl)c2)cc1[N+](=O)[O-]. The number of nitrogens with zero attached hydrogens (tertiary/aromatic N) is 2. The van der Waals surface area contributed by atoms with Gasteiger partial charge in [0.25, 0.3) is 5.69 Å². The lowest BCUT2D eigenvalue weighted by Crippen LogP contribution is -1.96. The summed E-state index contributed by atoms with van der Waals surface area (Å²) in [6, 6.07) is 9.83. The second-order valence-electron chi connectivity index (χ2n) is 3.85. The average molecular weight is 292 g/mol. The third-order valence-corrected chi connectivity index (χ3v) is 2.81. The highest BCUT2D eigenvalue weighted by molar-refractivity contribution is 6.31. The Bertz CT molecular complexity index is 728. The third kappa shape index (κ3) is 2.84. The summed E-state index contributed by atoms with van der Waals surface area (Å²) in [7, 11) is 0. The molecule has 0 saturated carbocycles. The first kappa shape index (κ1) is 13.8. The van der Waals surface area contributed by atoms with E-state index in [2.05, 4.69) is 5.32 Å². The fourth-order valence-electron chi connectivity index (χ4n) is 1.60. The molecule has 0 amide bonds. The smallest absolute Gasteiger partial charge is 0.289 e. The van der Waals surface area contributed by atoms with Crippen molar-refractivity contribution < 1.29 is 9.31 Å². The second kappa shape index (κ2) is 5.55. The molecule has 0 aliphatic heterocycles. The van der Waals surface area contributed by atoms with Crippen molar-refractivity contribution >= 4 is 28.7 Å². The fraction of sp³-hybridized carbons (Fsp3) is 0. The highest BCUT2D eigenvalue weighted by atomic mass is 35.5. The first-order chi connectivity index (χ1) is 9.51. The van der Waals surface area contributed by atoms with Gasteiger partial charge in [-0.25, -0.2) is 4.39 Å². The fourth-order valence-corrected chi connectivity index (χ4v) is 1.78. The van der Waals surface area contributed by atoms with Crippen molar-refractivity contribution in [1.82, 2.24) is 0 Å². The van der Waals surface area contributed by atoms with Gasteiger partial charge in [-0.2, -0.15) is 5.26 Å². The van der Waals surface area contributed by atoms with E-state index in [9.17, 15) is 14.5 Å². The van der Waals surface area contributed by atoms with Gasteiger partial charge in [0, 0.05) is 17.4 Å². The summed E-state index contributed by atoms with van der Waals surface area (Å²) in [5.74, 6) is -0.553. The van der Waals surface area contributed by atoms with Crippen LogP contribution < -0.4 is 5.32 Å². The summed E-state index contributed by atoms with van der Waals surface area (Å²) < 4.78 is 13.0. The number of hydrogen-bond acceptors (Lipinski definition) is 4. The molecule has 0 radical (unpaired) electrons. The van der Waals surface area contributed by atoms with Crippen molar-refractivity contribution in [1.29, 1.82) is 5.26 Å². The second-order valence-corrected chi connectivity index (χ2v) is 4.26. The molecule has 0 aromatic heterocycles. The van der Waals surface area contributed by atoms with Crippen LogP contribution in [0.4, 0.5) is 21.5 Å². The lowest BCUT2D eigenvalue weighted by molar-refractivity contribution is -0.385. The molecule has 2 aromatic carbocycles. The lowest BCUT2D eigenvalue weighted by atomic mass is 10.1. The molecule has 100 valence electrons. The average Bonchev–Trinajstić information content (AvgIpc) is 2.43. The molecule has 1 N–H and O–H groups in total. The Hall–Kier alpha value is -2.65. The maximum atomic E-state index is 13.0. The van der Waals surface area contributed by atoms with Crippen LogP contribution in [0.1, 0.15) is 5.56 Å². The third-order valence-electron chi connectivity index (χ3n) is 2.52. The Morgan fingerprint density at radius 2 is 1.90 bits per heavy atom. The summed E-state index contributed by atoms with van der Waals surface area (Å²) >= 11 is 5.64. The van der Waals surface area contributed by atoms with Crippen LogP contribution in [-0.2, 0) is 0 Å². The first-order valence-corrected chi connectivity index (χ1v) is 5.79. The first-order valence-electron chi connectivity index (χ1n) is 5.42. The predicted octanol–water partition coefficient (Wildman–Crippen LogP) is 4.00. The number of nitriles is 1. The maximum absolute atomic E-state index is 13.0. The van der Waals surface area contributed by atoms with E-state index in [4.69, 9.17) is 16.9 Å². The molecular formula is C13H7ClFN3O2. The molecule has 0 aliphatic carbocycles. The maximum Gasteiger partial charge on any atom is 0.289 e. The van der Waals surface area contributed by atoms with Gasteiger partial charge < -0.3 is 5.32 Å². The zero-order chi connectivity index (χ0) is 14.7. The minimum Gasteiger partial charge on any atom is -0.355 e. The number of anilines is 2. The number of rotatable bonds is 3. The van der Waals surface area contributed by atoms with Crippen LogP contribution in [0.2, 0.25) is 5.02 Å². The van der Waals surface area contributed by atoms with Crippen LogP contribution >= 0.6 is 11.6 Å². The van der Waals surface area contributed by atoms with Crippen LogP contribution in [0.5, 0.6) is 0 Å². The number of nitro groups is 1. The zero-order valence-corrected chi connectivity index (χ0v) is 10.7. The van der Waals surface area contributed by atoms with E-state index in [1.54, 1.807) is 6.07 Å². The molecule has 2 rings (SSSR count). The molecule has 0 aliphatic rings. The summed E-state index contributed by atoms with van der Waals surface area (Å²) in [6.45, 7) is 0. The molecule has 0 heterocycles. The molecule has 20 heavy (non-hydrogen) atoms. The topological polar surface area (TPSA) is 79.0 Å². The number of benzene rings is 2. The Morgan fingerprint density at radius 3 is 2.50 bits per heavy atom. The van der Waals surface area contributed by atoms with Gasteiger partial charge in [0.2, 0.25) is 0 Å². The van der Waals surface area contributed by atoms with Crippen molar-refractivity contribution in [3.05, 3.63) is 62.9 Å². The van der Waals surface area contributed by atoms with Crippen molar-refractivity contribution in [3.8, 4) is 6.07 Å². The van der Waals surface area contributed by atoms with E-state index in [1.807, 2.05) is 0 Å². The van der Waals surface area contributed by atoms with E-state index in [1.165, 1.54) is 36.4 Å². The van der Waals surface area contributed by atoms with Crippen molar-refractivity contribution in [2.24, 2.45) is 0 Å². The van der Waals surface area contributed by atoms with Gasteiger partial charge in [-0.05, 0) is 30.3 Å². The normalized spacial score (nSPS) is 9.85. The Balaban J connectivity index is 2.34. The van der Waals surface area contributed by atoms with Gasteiger partial charge in [-0.3, -0.25) is 10.1 Å². The highest BCUT2D eigenvalue weighted by Crippen LogP contribution is 2.27. The van der Waals surface area contributed by atoms with E-state index in [0.717, 1.165) is 0 Å². The lowest BCUT2D eigenvalue weighted by Gasteiger charge is -2.07. The largest absolute Gasteiger partial charge is 0.355 e. The minimum absolute atomic E-state index is 0.0299. The van der Waals surface area contributed by atoms with E-state index in [-0.39, 0.29) is 16.3 Å². The Morgan fingerprint density at radius 1 is 1.25 bits per heavy atom. The van der Waals surface area contributed by atoms with Gasteiger partial charge in [0.1, 0.15) is 17.4 Å². The standard InChI is InChI=1S/C13H7ClFN3O2/c14-11-5-9(3-4-12(11)15)17-10-2-1-8(7-16)13(6-10)18(19)20/h1-6,17H. The van der Waals surface area contributed by atoms with Crippen LogP contribution in [-0.4, -0.2) is 4.92 Å². The van der Waals surface area contributed by atoms with Crippen molar-refractivity contribution in [3.63, 3.8) is 0 Å². The van der Waals surface area contributed by atoms with E-state index >= 15 is 0 Å². The Kier molecular flexibility index (Phi) is 3.82. The molecule has 0 atom stereocenters. The summed E-state index contributed by atoms with van der Waals surface area (Å²) in [4.78, 5) is 10.2. The van der Waals surface area contributed by atoms with Crippen molar-refractivity contribution in [2.75, 3.05) is 5.32 Å². The Labute approximate surface area is 118 Å². The molecule has 7 heteroatoms. The molecule has 0 bridgehead atoms. The molecule has 2 aromatic rings. The molecule has 0 spiro atoms.